The summed E-state index contributed by atoms with van der Waals surface area (Å²) in [5, 5.41) is 3.42. The lowest BCUT2D eigenvalue weighted by atomic mass is 10.0. The van der Waals surface area contributed by atoms with E-state index >= 15 is 0 Å². The third-order valence-corrected chi connectivity index (χ3v) is 5.29. The van der Waals surface area contributed by atoms with Crippen molar-refractivity contribution < 1.29 is 12.8 Å². The molecule has 0 radical (unpaired) electrons. The van der Waals surface area contributed by atoms with Crippen LogP contribution in [-0.2, 0) is 16.3 Å². The van der Waals surface area contributed by atoms with Crippen LogP contribution in [0.5, 0.6) is 0 Å². The van der Waals surface area contributed by atoms with Crippen LogP contribution >= 0.6 is 0 Å². The Morgan fingerprint density at radius 1 is 1.29 bits per heavy atom. The summed E-state index contributed by atoms with van der Waals surface area (Å²) in [5.74, 6) is 0.205. The van der Waals surface area contributed by atoms with E-state index in [9.17, 15) is 12.8 Å². The van der Waals surface area contributed by atoms with Crippen LogP contribution in [0.15, 0.2) is 24.3 Å². The van der Waals surface area contributed by atoms with Gasteiger partial charge in [-0.05, 0) is 49.9 Å². The summed E-state index contributed by atoms with van der Waals surface area (Å²) in [5.41, 5.74) is 0.946. The Morgan fingerprint density at radius 2 is 2.05 bits per heavy atom. The molecular weight excluding hydrogens is 289 g/mol. The minimum Gasteiger partial charge on any atom is -0.314 e. The van der Waals surface area contributed by atoms with Crippen molar-refractivity contribution in [2.24, 2.45) is 0 Å². The van der Waals surface area contributed by atoms with Gasteiger partial charge >= 0.3 is 0 Å². The molecule has 1 N–H and O–H groups in total. The number of hydrogen-bond acceptors (Lipinski definition) is 3. The first-order valence-electron chi connectivity index (χ1n) is 7.65. The van der Waals surface area contributed by atoms with Gasteiger partial charge in [0.2, 0.25) is 0 Å². The van der Waals surface area contributed by atoms with E-state index in [1.165, 1.54) is 6.07 Å². The third-order valence-electron chi connectivity index (χ3n) is 3.50. The van der Waals surface area contributed by atoms with E-state index in [0.717, 1.165) is 31.4 Å². The van der Waals surface area contributed by atoms with Crippen LogP contribution in [-0.4, -0.2) is 32.5 Å². The summed E-state index contributed by atoms with van der Waals surface area (Å²) in [7, 11) is -2.90. The van der Waals surface area contributed by atoms with Crippen molar-refractivity contribution in [3.63, 3.8) is 0 Å². The molecular formula is C16H26FNO2S. The van der Waals surface area contributed by atoms with Gasteiger partial charge < -0.3 is 5.32 Å². The van der Waals surface area contributed by atoms with Gasteiger partial charge in [-0.2, -0.15) is 0 Å². The predicted molar refractivity (Wildman–Crippen MR) is 85.7 cm³/mol. The van der Waals surface area contributed by atoms with Gasteiger partial charge in [-0.15, -0.1) is 0 Å². The SMILES string of the molecule is CCCNC(CCCS(=O)(=O)CC)Cc1cccc(F)c1. The van der Waals surface area contributed by atoms with E-state index in [2.05, 4.69) is 12.2 Å². The smallest absolute Gasteiger partial charge is 0.150 e. The molecule has 0 heterocycles. The molecule has 1 aromatic rings. The van der Waals surface area contributed by atoms with Gasteiger partial charge in [0.1, 0.15) is 15.7 Å². The van der Waals surface area contributed by atoms with Gasteiger partial charge in [0.15, 0.2) is 0 Å². The van der Waals surface area contributed by atoms with Crippen molar-refractivity contribution in [1.82, 2.24) is 5.32 Å². The van der Waals surface area contributed by atoms with Gasteiger partial charge in [0.25, 0.3) is 0 Å². The second kappa shape index (κ2) is 9.15. The first-order valence-corrected chi connectivity index (χ1v) is 9.47. The molecule has 0 amide bonds. The molecule has 0 fully saturated rings. The van der Waals surface area contributed by atoms with Crippen molar-refractivity contribution in [2.75, 3.05) is 18.1 Å². The minimum atomic E-state index is -2.90. The number of halogens is 1. The van der Waals surface area contributed by atoms with Gasteiger partial charge in [0, 0.05) is 11.8 Å². The number of nitrogens with one attached hydrogen (secondary N) is 1. The standard InChI is InChI=1S/C16H26FNO2S/c1-3-10-18-16(9-6-11-21(19,20)4-2)13-14-7-5-8-15(17)12-14/h5,7-8,12,16,18H,3-4,6,9-11,13H2,1-2H3. The van der Waals surface area contributed by atoms with E-state index in [4.69, 9.17) is 0 Å². The fraction of sp³-hybridized carbons (Fsp3) is 0.625. The van der Waals surface area contributed by atoms with Crippen molar-refractivity contribution in [1.29, 1.82) is 0 Å². The number of sulfone groups is 1. The fourth-order valence-electron chi connectivity index (χ4n) is 2.27. The van der Waals surface area contributed by atoms with E-state index in [0.29, 0.717) is 6.42 Å². The summed E-state index contributed by atoms with van der Waals surface area (Å²) < 4.78 is 36.3. The Kier molecular flexibility index (Phi) is 7.89. The molecule has 21 heavy (non-hydrogen) atoms. The van der Waals surface area contributed by atoms with Gasteiger partial charge in [-0.3, -0.25) is 0 Å². The second-order valence-corrected chi connectivity index (χ2v) is 7.84. The quantitative estimate of drug-likeness (QED) is 0.722. The fourth-order valence-corrected chi connectivity index (χ4v) is 3.16. The van der Waals surface area contributed by atoms with Crippen LogP contribution in [0.2, 0.25) is 0 Å². The monoisotopic (exact) mass is 315 g/mol. The topological polar surface area (TPSA) is 46.2 Å². The molecule has 1 aromatic carbocycles. The van der Waals surface area contributed by atoms with E-state index < -0.39 is 9.84 Å². The van der Waals surface area contributed by atoms with Crippen LogP contribution < -0.4 is 5.32 Å². The van der Waals surface area contributed by atoms with Crippen LogP contribution in [0, 0.1) is 5.82 Å². The first-order chi connectivity index (χ1) is 9.96. The normalized spacial score (nSPS) is 13.3. The lowest BCUT2D eigenvalue weighted by molar-refractivity contribution is 0.471. The maximum absolute atomic E-state index is 13.2. The molecule has 0 spiro atoms. The highest BCUT2D eigenvalue weighted by molar-refractivity contribution is 7.91. The maximum atomic E-state index is 13.2. The predicted octanol–water partition coefficient (Wildman–Crippen LogP) is 2.95. The first kappa shape index (κ1) is 18.1. The molecule has 0 aliphatic rings. The highest BCUT2D eigenvalue weighted by Crippen LogP contribution is 2.11. The zero-order valence-electron chi connectivity index (χ0n) is 12.9. The summed E-state index contributed by atoms with van der Waals surface area (Å²) >= 11 is 0. The molecule has 0 bridgehead atoms. The zero-order chi connectivity index (χ0) is 15.7. The number of rotatable bonds is 10. The van der Waals surface area contributed by atoms with Gasteiger partial charge in [-0.1, -0.05) is 26.0 Å². The van der Waals surface area contributed by atoms with Crippen molar-refractivity contribution >= 4 is 9.84 Å². The Hall–Kier alpha value is -0.940. The molecule has 0 aromatic heterocycles. The number of benzene rings is 1. The van der Waals surface area contributed by atoms with Gasteiger partial charge in [0.05, 0.1) is 5.75 Å². The number of hydrogen-bond donors (Lipinski definition) is 1. The molecule has 1 unspecified atom stereocenters. The molecule has 5 heteroatoms. The van der Waals surface area contributed by atoms with Crippen molar-refractivity contribution in [3.05, 3.63) is 35.6 Å². The Morgan fingerprint density at radius 3 is 2.67 bits per heavy atom. The molecule has 1 rings (SSSR count). The molecule has 0 aliphatic carbocycles. The van der Waals surface area contributed by atoms with Gasteiger partial charge in [-0.25, -0.2) is 12.8 Å². The maximum Gasteiger partial charge on any atom is 0.150 e. The van der Waals surface area contributed by atoms with Crippen molar-refractivity contribution in [3.8, 4) is 0 Å². The highest BCUT2D eigenvalue weighted by Gasteiger charge is 2.12. The molecule has 0 saturated carbocycles. The third kappa shape index (κ3) is 7.58. The molecule has 120 valence electrons. The molecule has 1 atom stereocenters. The Bertz CT molecular complexity index is 517. The molecule has 3 nitrogen and oxygen atoms in total. The Balaban J connectivity index is 2.55. The summed E-state index contributed by atoms with van der Waals surface area (Å²) in [6, 6.07) is 6.80. The van der Waals surface area contributed by atoms with Crippen molar-refractivity contribution in [2.45, 2.75) is 45.6 Å². The lowest BCUT2D eigenvalue weighted by Gasteiger charge is -2.18. The second-order valence-electron chi connectivity index (χ2n) is 5.36. The molecule has 0 aliphatic heterocycles. The van der Waals surface area contributed by atoms with Crippen LogP contribution in [0.3, 0.4) is 0 Å². The zero-order valence-corrected chi connectivity index (χ0v) is 13.8. The summed E-state index contributed by atoms with van der Waals surface area (Å²) in [4.78, 5) is 0. The highest BCUT2D eigenvalue weighted by atomic mass is 32.2. The van der Waals surface area contributed by atoms with Crippen LogP contribution in [0.25, 0.3) is 0 Å². The Labute approximate surface area is 127 Å². The summed E-state index contributed by atoms with van der Waals surface area (Å²) in [6.07, 6.45) is 3.18. The molecule has 0 saturated heterocycles. The van der Waals surface area contributed by atoms with Crippen LogP contribution in [0.4, 0.5) is 4.39 Å². The summed E-state index contributed by atoms with van der Waals surface area (Å²) in [6.45, 7) is 4.66. The minimum absolute atomic E-state index is 0.193. The van der Waals surface area contributed by atoms with E-state index in [1.54, 1.807) is 19.1 Å². The van der Waals surface area contributed by atoms with Crippen LogP contribution in [0.1, 0.15) is 38.7 Å². The largest absolute Gasteiger partial charge is 0.314 e. The lowest BCUT2D eigenvalue weighted by Crippen LogP contribution is -2.32. The van der Waals surface area contributed by atoms with E-state index in [-0.39, 0.29) is 23.4 Å². The average Bonchev–Trinajstić information content (AvgIpc) is 2.44. The van der Waals surface area contributed by atoms with E-state index in [1.807, 2.05) is 6.07 Å². The average molecular weight is 315 g/mol.